The summed E-state index contributed by atoms with van der Waals surface area (Å²) in [6.45, 7) is 16.9. The second-order valence-electron chi connectivity index (χ2n) is 8.46. The van der Waals surface area contributed by atoms with Crippen molar-refractivity contribution in [2.45, 2.75) is 59.0 Å². The molecule has 1 atom stereocenters. The zero-order valence-electron chi connectivity index (χ0n) is 18.2. The molecule has 3 rings (SSSR count). The molecule has 1 amide bonds. The van der Waals surface area contributed by atoms with Gasteiger partial charge in [-0.3, -0.25) is 14.4 Å². The summed E-state index contributed by atoms with van der Waals surface area (Å²) in [6, 6.07) is 0.463. The number of hydrogen-bond donors (Lipinski definition) is 0. The average Bonchev–Trinajstić information content (AvgIpc) is 2.91. The van der Waals surface area contributed by atoms with Crippen LogP contribution in [0, 0.1) is 0 Å². The Morgan fingerprint density at radius 2 is 2.04 bits per heavy atom. The van der Waals surface area contributed by atoms with Gasteiger partial charge in [0.25, 0.3) is 5.91 Å². The smallest absolute Gasteiger partial charge is 0.274 e. The molecule has 0 aromatic carbocycles. The molecule has 1 aliphatic carbocycles. The van der Waals surface area contributed by atoms with Gasteiger partial charge < -0.3 is 9.80 Å². The first-order valence-electron chi connectivity index (χ1n) is 10.9. The first kappa shape index (κ1) is 21.1. The number of aromatic nitrogens is 2. The molecule has 2 aliphatic rings. The van der Waals surface area contributed by atoms with Crippen molar-refractivity contribution in [1.29, 1.82) is 0 Å². The van der Waals surface area contributed by atoms with Crippen molar-refractivity contribution in [3.05, 3.63) is 29.1 Å². The Morgan fingerprint density at radius 3 is 2.71 bits per heavy atom. The summed E-state index contributed by atoms with van der Waals surface area (Å²) in [5.41, 5.74) is 4.38. The van der Waals surface area contributed by atoms with E-state index in [2.05, 4.69) is 48.9 Å². The highest BCUT2D eigenvalue weighted by molar-refractivity contribution is 5.94. The topological polar surface area (TPSA) is 44.6 Å². The molecule has 0 saturated carbocycles. The molecule has 6 nitrogen and oxygen atoms in total. The number of likely N-dealkylation sites (N-methyl/N-ethyl adjacent to an activating group) is 2. The third-order valence-corrected chi connectivity index (χ3v) is 6.23. The highest BCUT2D eigenvalue weighted by Crippen LogP contribution is 2.29. The van der Waals surface area contributed by atoms with Gasteiger partial charge in [-0.2, -0.15) is 5.10 Å². The molecule has 0 spiro atoms. The Morgan fingerprint density at radius 1 is 1.25 bits per heavy atom. The highest BCUT2D eigenvalue weighted by Gasteiger charge is 2.33. The van der Waals surface area contributed by atoms with E-state index in [1.54, 1.807) is 0 Å². The molecular weight excluding hydrogens is 350 g/mol. The summed E-state index contributed by atoms with van der Waals surface area (Å²) in [7, 11) is 2.13. The maximum atomic E-state index is 13.4. The van der Waals surface area contributed by atoms with Crippen LogP contribution >= 0.6 is 0 Å². The molecule has 1 aliphatic heterocycles. The number of fused-ring (bicyclic) bond motifs is 1. The van der Waals surface area contributed by atoms with E-state index >= 15 is 0 Å². The van der Waals surface area contributed by atoms with Gasteiger partial charge in [-0.05, 0) is 59.7 Å². The molecule has 2 heterocycles. The molecule has 0 N–H and O–H groups in total. The van der Waals surface area contributed by atoms with Crippen LogP contribution in [0.4, 0.5) is 0 Å². The number of carbonyl (C=O) groups excluding carboxylic acids is 1. The second-order valence-corrected chi connectivity index (χ2v) is 8.46. The van der Waals surface area contributed by atoms with Crippen molar-refractivity contribution < 1.29 is 4.79 Å². The lowest BCUT2D eigenvalue weighted by atomic mass is 9.89. The summed E-state index contributed by atoms with van der Waals surface area (Å²) in [4.78, 5) is 20.2. The van der Waals surface area contributed by atoms with Crippen LogP contribution in [0.25, 0.3) is 0 Å². The molecule has 1 saturated heterocycles. The normalized spacial score (nSPS) is 20.9. The minimum absolute atomic E-state index is 0.127. The van der Waals surface area contributed by atoms with E-state index in [9.17, 15) is 4.79 Å². The van der Waals surface area contributed by atoms with E-state index in [0.717, 1.165) is 71.5 Å². The van der Waals surface area contributed by atoms with Gasteiger partial charge in [-0.1, -0.05) is 19.1 Å². The number of carbonyl (C=O) groups is 1. The van der Waals surface area contributed by atoms with E-state index in [1.165, 1.54) is 16.8 Å². The van der Waals surface area contributed by atoms with Crippen LogP contribution < -0.4 is 0 Å². The lowest BCUT2D eigenvalue weighted by molar-refractivity contribution is 0.0754. The molecule has 28 heavy (non-hydrogen) atoms. The van der Waals surface area contributed by atoms with Crippen molar-refractivity contribution in [3.8, 4) is 0 Å². The van der Waals surface area contributed by atoms with E-state index in [0.29, 0.717) is 11.7 Å². The zero-order chi connectivity index (χ0) is 20.3. The first-order valence-corrected chi connectivity index (χ1v) is 10.9. The summed E-state index contributed by atoms with van der Waals surface area (Å²) in [5, 5.41) is 4.79. The fourth-order valence-corrected chi connectivity index (χ4v) is 4.66. The van der Waals surface area contributed by atoms with Crippen molar-refractivity contribution >= 4 is 5.91 Å². The van der Waals surface area contributed by atoms with Crippen molar-refractivity contribution in [3.63, 3.8) is 0 Å². The molecule has 1 unspecified atom stereocenters. The molecule has 0 bridgehead atoms. The summed E-state index contributed by atoms with van der Waals surface area (Å²) in [5.74, 6) is 0.127. The van der Waals surface area contributed by atoms with E-state index in [-0.39, 0.29) is 5.91 Å². The van der Waals surface area contributed by atoms with Gasteiger partial charge in [0.1, 0.15) is 0 Å². The van der Waals surface area contributed by atoms with Gasteiger partial charge in [0, 0.05) is 50.0 Å². The van der Waals surface area contributed by atoms with Gasteiger partial charge in [0.05, 0.1) is 0 Å². The maximum Gasteiger partial charge on any atom is 0.274 e. The Labute approximate surface area is 170 Å². The summed E-state index contributed by atoms with van der Waals surface area (Å²) < 4.78 is 2.07. The first-order chi connectivity index (χ1) is 13.4. The molecule has 1 aromatic rings. The predicted octanol–water partition coefficient (Wildman–Crippen LogP) is 2.44. The number of amides is 1. The second kappa shape index (κ2) is 9.23. The standard InChI is InChI=1S/C22H37N5O/c1-6-25(16-17(3)4)18-9-10-20-19(15-18)21(23-27(20)7-2)22(28)26-12-8-11-24(5)13-14-26/h18H,3,6-16H2,1-2,4-5H3. The Balaban J connectivity index is 1.85. The number of hydrogen-bond acceptors (Lipinski definition) is 4. The maximum absolute atomic E-state index is 13.4. The van der Waals surface area contributed by atoms with Crippen LogP contribution in [0.3, 0.4) is 0 Å². The summed E-state index contributed by atoms with van der Waals surface area (Å²) >= 11 is 0. The fraction of sp³-hybridized carbons (Fsp3) is 0.727. The summed E-state index contributed by atoms with van der Waals surface area (Å²) in [6.07, 6.45) is 4.08. The number of nitrogens with zero attached hydrogens (tertiary/aromatic N) is 5. The lowest BCUT2D eigenvalue weighted by Crippen LogP contribution is -2.41. The quantitative estimate of drug-likeness (QED) is 0.704. The third-order valence-electron chi connectivity index (χ3n) is 6.23. The Bertz CT molecular complexity index is 710. The van der Waals surface area contributed by atoms with Gasteiger partial charge in [0.2, 0.25) is 0 Å². The van der Waals surface area contributed by atoms with Crippen LogP contribution in [0.2, 0.25) is 0 Å². The predicted molar refractivity (Wildman–Crippen MR) is 114 cm³/mol. The Kier molecular flexibility index (Phi) is 6.94. The minimum Gasteiger partial charge on any atom is -0.336 e. The van der Waals surface area contributed by atoms with Crippen molar-refractivity contribution in [1.82, 2.24) is 24.5 Å². The van der Waals surface area contributed by atoms with Gasteiger partial charge >= 0.3 is 0 Å². The van der Waals surface area contributed by atoms with Crippen molar-refractivity contribution in [2.75, 3.05) is 46.3 Å². The zero-order valence-corrected chi connectivity index (χ0v) is 18.2. The van der Waals surface area contributed by atoms with Crippen LogP contribution in [-0.2, 0) is 19.4 Å². The molecule has 0 radical (unpaired) electrons. The molecular formula is C22H37N5O. The van der Waals surface area contributed by atoms with Gasteiger partial charge in [0.15, 0.2) is 5.69 Å². The molecule has 156 valence electrons. The largest absolute Gasteiger partial charge is 0.336 e. The highest BCUT2D eigenvalue weighted by atomic mass is 16.2. The van der Waals surface area contributed by atoms with Gasteiger partial charge in [-0.15, -0.1) is 0 Å². The minimum atomic E-state index is 0.127. The number of rotatable bonds is 6. The SMILES string of the molecule is C=C(C)CN(CC)C1CCc2c(c(C(=O)N3CCCN(C)CC3)nn2CC)C1. The van der Waals surface area contributed by atoms with Crippen LogP contribution in [0.15, 0.2) is 12.2 Å². The van der Waals surface area contributed by atoms with Crippen LogP contribution in [-0.4, -0.2) is 82.7 Å². The van der Waals surface area contributed by atoms with E-state index < -0.39 is 0 Å². The van der Waals surface area contributed by atoms with E-state index in [1.807, 2.05) is 4.90 Å². The van der Waals surface area contributed by atoms with Crippen molar-refractivity contribution in [2.24, 2.45) is 0 Å². The van der Waals surface area contributed by atoms with Crippen LogP contribution in [0.5, 0.6) is 0 Å². The lowest BCUT2D eigenvalue weighted by Gasteiger charge is -2.34. The molecule has 1 aromatic heterocycles. The Hall–Kier alpha value is -1.66. The monoisotopic (exact) mass is 387 g/mol. The fourth-order valence-electron chi connectivity index (χ4n) is 4.66. The third kappa shape index (κ3) is 4.49. The van der Waals surface area contributed by atoms with Gasteiger partial charge in [-0.25, -0.2) is 0 Å². The molecule has 6 heteroatoms. The average molecular weight is 388 g/mol. The number of aryl methyl sites for hydroxylation is 1. The van der Waals surface area contributed by atoms with E-state index in [4.69, 9.17) is 5.10 Å². The molecule has 1 fully saturated rings. The van der Waals surface area contributed by atoms with Crippen LogP contribution in [0.1, 0.15) is 55.4 Å².